The number of hydrogen-bond donors (Lipinski definition) is 2. The number of fused-ring (bicyclic) bond motifs is 3. The van der Waals surface area contributed by atoms with Crippen LogP contribution in [0, 0.1) is 28.1 Å². The van der Waals surface area contributed by atoms with Crippen molar-refractivity contribution in [2.45, 2.75) is 89.3 Å². The van der Waals surface area contributed by atoms with E-state index < -0.39 is 45.6 Å². The van der Waals surface area contributed by atoms with Crippen molar-refractivity contribution in [1.29, 1.82) is 0 Å². The number of hydrogen-bond acceptors (Lipinski definition) is 9. The number of nitrogens with one attached hydrogen (secondary N) is 1. The fourth-order valence-corrected chi connectivity index (χ4v) is 10.5. The normalized spacial score (nSPS) is 41.6. The third-order valence-electron chi connectivity index (χ3n) is 12.5. The number of ether oxygens (including phenoxy) is 4. The van der Waals surface area contributed by atoms with Crippen molar-refractivity contribution in [3.05, 3.63) is 54.0 Å². The Morgan fingerprint density at radius 3 is 2.59 bits per heavy atom. The molecule has 9 nitrogen and oxygen atoms in total. The fraction of sp³-hybridized carbons (Fsp3) is 0.657. The average molecular weight is 608 g/mol. The summed E-state index contributed by atoms with van der Waals surface area (Å²) in [5.41, 5.74) is -1.91. The Hall–Kier alpha value is -2.72. The van der Waals surface area contributed by atoms with E-state index in [1.54, 1.807) is 19.6 Å². The maximum Gasteiger partial charge on any atom is 0.339 e. The second-order valence-electron chi connectivity index (χ2n) is 14.6. The molecule has 3 aliphatic heterocycles. The standard InChI is InChI=1S/C35H45NO8/c1-31(2)25-18-26(38)33(4)24(9-13-32(3)28(22-12-16-41-19-22)42-30(39)29-35(32,33)44-29)34(25,20-37)27(43-31)11-15-36-14-10-21-7-6-8-23(17-21)40-5/h6-8,12,16-17,19,24-25,27-29,36-37H,9-11,13-15,18,20H2,1-5H3/t24-,25-,27?,28-,29+,32-,33-,34?,35+/m0/s1. The van der Waals surface area contributed by atoms with Gasteiger partial charge in [0.25, 0.3) is 0 Å². The van der Waals surface area contributed by atoms with Gasteiger partial charge in [-0.3, -0.25) is 4.79 Å². The van der Waals surface area contributed by atoms with Crippen LogP contribution in [0.4, 0.5) is 0 Å². The van der Waals surface area contributed by atoms with Crippen molar-refractivity contribution >= 4 is 11.8 Å². The Bertz CT molecular complexity index is 1440. The van der Waals surface area contributed by atoms with Crippen LogP contribution in [0.15, 0.2) is 47.3 Å². The third-order valence-corrected chi connectivity index (χ3v) is 12.5. The molecular formula is C35H45NO8. The van der Waals surface area contributed by atoms with Gasteiger partial charge < -0.3 is 33.8 Å². The predicted molar refractivity (Wildman–Crippen MR) is 160 cm³/mol. The van der Waals surface area contributed by atoms with Gasteiger partial charge in [0.1, 0.15) is 23.2 Å². The lowest BCUT2D eigenvalue weighted by Crippen LogP contribution is -2.72. The third kappa shape index (κ3) is 3.79. The molecule has 44 heavy (non-hydrogen) atoms. The second kappa shape index (κ2) is 10.1. The number of aliphatic hydroxyl groups is 1. The summed E-state index contributed by atoms with van der Waals surface area (Å²) in [5.74, 6) is 0.152. The van der Waals surface area contributed by atoms with Crippen molar-refractivity contribution in [2.24, 2.45) is 28.1 Å². The molecule has 1 spiro atoms. The van der Waals surface area contributed by atoms with E-state index >= 15 is 0 Å². The molecule has 2 N–H and O–H groups in total. The summed E-state index contributed by atoms with van der Waals surface area (Å²) >= 11 is 0. The van der Waals surface area contributed by atoms with Crippen molar-refractivity contribution in [2.75, 3.05) is 26.8 Å². The quantitative estimate of drug-likeness (QED) is 0.243. The molecule has 2 aromatic rings. The van der Waals surface area contributed by atoms with Crippen LogP contribution in [0.25, 0.3) is 0 Å². The Kier molecular flexibility index (Phi) is 6.91. The van der Waals surface area contributed by atoms with Crippen LogP contribution in [0.2, 0.25) is 0 Å². The van der Waals surface area contributed by atoms with E-state index in [4.69, 9.17) is 23.4 Å². The van der Waals surface area contributed by atoms with Gasteiger partial charge in [0, 0.05) is 28.7 Å². The van der Waals surface area contributed by atoms with Crippen LogP contribution < -0.4 is 10.1 Å². The van der Waals surface area contributed by atoms with E-state index in [0.717, 1.165) is 24.3 Å². The van der Waals surface area contributed by atoms with Crippen LogP contribution in [0.3, 0.4) is 0 Å². The zero-order valence-corrected chi connectivity index (χ0v) is 26.4. The average Bonchev–Trinajstić information content (AvgIpc) is 3.50. The van der Waals surface area contributed by atoms with Crippen molar-refractivity contribution in [3.63, 3.8) is 0 Å². The summed E-state index contributed by atoms with van der Waals surface area (Å²) in [5, 5.41) is 15.0. The fourth-order valence-electron chi connectivity index (χ4n) is 10.5. The number of esters is 1. The van der Waals surface area contributed by atoms with Crippen LogP contribution in [-0.4, -0.2) is 67.1 Å². The van der Waals surface area contributed by atoms with Gasteiger partial charge in [-0.1, -0.05) is 19.1 Å². The molecule has 0 amide bonds. The molecule has 9 heteroatoms. The van der Waals surface area contributed by atoms with Crippen molar-refractivity contribution in [3.8, 4) is 5.75 Å². The minimum atomic E-state index is -1.02. The maximum atomic E-state index is 14.5. The van der Waals surface area contributed by atoms with E-state index in [2.05, 4.69) is 38.2 Å². The van der Waals surface area contributed by atoms with Gasteiger partial charge in [-0.15, -0.1) is 0 Å². The van der Waals surface area contributed by atoms with Gasteiger partial charge in [-0.2, -0.15) is 0 Å². The lowest BCUT2D eigenvalue weighted by molar-refractivity contribution is -0.217. The summed E-state index contributed by atoms with van der Waals surface area (Å²) in [4.78, 5) is 27.9. The van der Waals surface area contributed by atoms with Crippen LogP contribution in [0.1, 0.15) is 70.6 Å². The molecule has 4 heterocycles. The molecule has 7 rings (SSSR count). The topological polar surface area (TPSA) is 120 Å². The van der Waals surface area contributed by atoms with Gasteiger partial charge in [-0.25, -0.2) is 4.79 Å². The highest BCUT2D eigenvalue weighted by atomic mass is 16.7. The number of aliphatic hydroxyl groups excluding tert-OH is 1. The molecule has 2 unspecified atom stereocenters. The Morgan fingerprint density at radius 2 is 1.86 bits per heavy atom. The van der Waals surface area contributed by atoms with Crippen molar-refractivity contribution in [1.82, 2.24) is 5.32 Å². The molecule has 238 valence electrons. The summed E-state index contributed by atoms with van der Waals surface area (Å²) in [6.45, 7) is 9.65. The van der Waals surface area contributed by atoms with E-state index in [-0.39, 0.29) is 36.8 Å². The first-order chi connectivity index (χ1) is 21.0. The smallest absolute Gasteiger partial charge is 0.339 e. The Morgan fingerprint density at radius 1 is 1.05 bits per heavy atom. The molecule has 1 aromatic heterocycles. The maximum absolute atomic E-state index is 14.5. The largest absolute Gasteiger partial charge is 0.497 e. The molecular weight excluding hydrogens is 562 g/mol. The molecule has 5 fully saturated rings. The lowest BCUT2D eigenvalue weighted by Gasteiger charge is -2.64. The highest BCUT2D eigenvalue weighted by molar-refractivity contribution is 5.93. The van der Waals surface area contributed by atoms with Gasteiger partial charge in [0.05, 0.1) is 43.4 Å². The molecule has 1 aromatic carbocycles. The summed E-state index contributed by atoms with van der Waals surface area (Å²) in [7, 11) is 1.67. The summed E-state index contributed by atoms with van der Waals surface area (Å²) < 4.78 is 30.0. The minimum absolute atomic E-state index is 0.0871. The number of carbonyl (C=O) groups excluding carboxylic acids is 2. The molecule has 2 aliphatic carbocycles. The number of methoxy groups -OCH3 is 1. The Labute approximate surface area is 258 Å². The molecule has 0 bridgehead atoms. The summed E-state index contributed by atoms with van der Waals surface area (Å²) in [6, 6.07) is 9.92. The number of furan rings is 1. The van der Waals surface area contributed by atoms with Gasteiger partial charge >= 0.3 is 5.97 Å². The second-order valence-corrected chi connectivity index (χ2v) is 14.6. The molecule has 5 aliphatic rings. The number of cyclic esters (lactones) is 1. The highest BCUT2D eigenvalue weighted by Crippen LogP contribution is 2.79. The number of benzene rings is 1. The number of ketones is 1. The zero-order chi connectivity index (χ0) is 31.1. The summed E-state index contributed by atoms with van der Waals surface area (Å²) in [6.07, 6.45) is 4.78. The van der Waals surface area contributed by atoms with E-state index in [1.165, 1.54) is 5.56 Å². The minimum Gasteiger partial charge on any atom is -0.497 e. The predicted octanol–water partition coefficient (Wildman–Crippen LogP) is 4.41. The highest BCUT2D eigenvalue weighted by Gasteiger charge is 2.89. The van der Waals surface area contributed by atoms with Crippen LogP contribution in [0.5, 0.6) is 5.75 Å². The Balaban J connectivity index is 1.18. The number of epoxide rings is 1. The van der Waals surface area contributed by atoms with Gasteiger partial charge in [-0.05, 0) is 89.2 Å². The molecule has 3 saturated heterocycles. The molecule has 9 atom stereocenters. The number of carbonyl (C=O) groups is 2. The van der Waals surface area contributed by atoms with E-state index in [1.807, 2.05) is 25.1 Å². The number of Topliss-reactive ketones (excluding diaryl/α,β-unsaturated/α-hetero) is 1. The first kappa shape index (κ1) is 30.0. The monoisotopic (exact) mass is 607 g/mol. The molecule has 2 saturated carbocycles. The number of rotatable bonds is 9. The van der Waals surface area contributed by atoms with Crippen LogP contribution in [-0.2, 0) is 30.2 Å². The van der Waals surface area contributed by atoms with Gasteiger partial charge in [0.15, 0.2) is 6.10 Å². The van der Waals surface area contributed by atoms with E-state index in [9.17, 15) is 14.7 Å². The zero-order valence-electron chi connectivity index (χ0n) is 26.4. The first-order valence-electron chi connectivity index (χ1n) is 16.1. The SMILES string of the molecule is COc1cccc(CCNCCC2OC(C)(C)[C@@H]3CC(=O)[C@]4(C)[C@H](CC[C@@]5(C)[C@H](c6ccoc6)OC(=O)[C@H]6O[C@]654)C23CO)c1. The first-order valence-corrected chi connectivity index (χ1v) is 16.1. The van der Waals surface area contributed by atoms with Crippen LogP contribution >= 0.6 is 0 Å². The lowest BCUT2D eigenvalue weighted by atomic mass is 9.37. The molecule has 0 radical (unpaired) electrons. The van der Waals surface area contributed by atoms with E-state index in [0.29, 0.717) is 25.8 Å². The van der Waals surface area contributed by atoms with Gasteiger partial charge in [0.2, 0.25) is 0 Å². The van der Waals surface area contributed by atoms with Crippen molar-refractivity contribution < 1.29 is 38.1 Å².